The number of carbonyl (C=O) groups excluding carboxylic acids is 1. The molecule has 2 amide bonds. The van der Waals surface area contributed by atoms with Crippen molar-refractivity contribution >= 4 is 11.8 Å². The summed E-state index contributed by atoms with van der Waals surface area (Å²) in [5.41, 5.74) is 2.09. The van der Waals surface area contributed by atoms with Crippen LogP contribution in [-0.4, -0.2) is 54.0 Å². The topological polar surface area (TPSA) is 80.1 Å². The molecule has 3 aromatic rings. The molecule has 30 heavy (non-hydrogen) atoms. The molecule has 0 aliphatic carbocycles. The van der Waals surface area contributed by atoms with Crippen molar-refractivity contribution in [2.24, 2.45) is 0 Å². The number of carbonyl (C=O) groups is 1. The summed E-state index contributed by atoms with van der Waals surface area (Å²) in [5, 5.41) is 6.79. The first-order valence-corrected chi connectivity index (χ1v) is 9.93. The molecule has 3 heterocycles. The fraction of sp³-hybridized carbons (Fsp3) is 0.273. The highest BCUT2D eigenvalue weighted by Crippen LogP contribution is 2.32. The third-order valence-corrected chi connectivity index (χ3v) is 5.31. The van der Waals surface area contributed by atoms with Crippen molar-refractivity contribution in [1.29, 1.82) is 0 Å². The van der Waals surface area contributed by atoms with E-state index in [9.17, 15) is 4.79 Å². The molecule has 1 aromatic heterocycles. The SMILES string of the molecule is O=C(Nc1cc(-c2ccccc2)on1)N1CCN(Cc2ccc3c(c2)OCO3)CC1. The lowest BCUT2D eigenvalue weighted by Gasteiger charge is -2.34. The molecular formula is C22H22N4O4. The number of rotatable bonds is 4. The molecule has 2 aromatic carbocycles. The van der Waals surface area contributed by atoms with Crippen LogP contribution in [0.1, 0.15) is 5.56 Å². The van der Waals surface area contributed by atoms with Crippen molar-refractivity contribution < 1.29 is 18.8 Å². The summed E-state index contributed by atoms with van der Waals surface area (Å²) in [4.78, 5) is 16.7. The number of urea groups is 1. The van der Waals surface area contributed by atoms with E-state index >= 15 is 0 Å². The van der Waals surface area contributed by atoms with Crippen LogP contribution in [0, 0.1) is 0 Å². The Morgan fingerprint density at radius 2 is 1.77 bits per heavy atom. The Hall–Kier alpha value is -3.52. The van der Waals surface area contributed by atoms with Crippen molar-refractivity contribution in [3.8, 4) is 22.8 Å². The van der Waals surface area contributed by atoms with E-state index in [1.807, 2.05) is 42.5 Å². The number of hydrogen-bond donors (Lipinski definition) is 1. The third kappa shape index (κ3) is 3.95. The molecule has 1 fully saturated rings. The second-order valence-electron chi connectivity index (χ2n) is 7.32. The molecule has 2 aliphatic heterocycles. The zero-order valence-electron chi connectivity index (χ0n) is 16.4. The van der Waals surface area contributed by atoms with Crippen LogP contribution < -0.4 is 14.8 Å². The van der Waals surface area contributed by atoms with Gasteiger partial charge in [-0.15, -0.1) is 0 Å². The number of ether oxygens (including phenoxy) is 2. The lowest BCUT2D eigenvalue weighted by Crippen LogP contribution is -2.49. The van der Waals surface area contributed by atoms with Gasteiger partial charge in [0.15, 0.2) is 23.1 Å². The molecule has 8 heteroatoms. The number of benzene rings is 2. The first-order valence-electron chi connectivity index (χ1n) is 9.93. The predicted octanol–water partition coefficient (Wildman–Crippen LogP) is 3.42. The Morgan fingerprint density at radius 3 is 2.60 bits per heavy atom. The molecule has 5 rings (SSSR count). The molecule has 0 unspecified atom stereocenters. The third-order valence-electron chi connectivity index (χ3n) is 5.31. The van der Waals surface area contributed by atoms with Crippen molar-refractivity contribution in [3.05, 3.63) is 60.2 Å². The van der Waals surface area contributed by atoms with Crippen LogP contribution in [0.3, 0.4) is 0 Å². The molecule has 2 aliphatic rings. The number of fused-ring (bicyclic) bond motifs is 1. The summed E-state index contributed by atoms with van der Waals surface area (Å²) in [6, 6.07) is 17.3. The fourth-order valence-corrected chi connectivity index (χ4v) is 3.67. The van der Waals surface area contributed by atoms with Crippen molar-refractivity contribution in [1.82, 2.24) is 15.0 Å². The van der Waals surface area contributed by atoms with E-state index in [1.54, 1.807) is 11.0 Å². The normalized spacial score (nSPS) is 15.9. The van der Waals surface area contributed by atoms with Crippen molar-refractivity contribution in [3.63, 3.8) is 0 Å². The highest BCUT2D eigenvalue weighted by Gasteiger charge is 2.23. The number of piperazine rings is 1. The van der Waals surface area contributed by atoms with Crippen LogP contribution in [0.15, 0.2) is 59.1 Å². The molecule has 0 radical (unpaired) electrons. The van der Waals surface area contributed by atoms with Gasteiger partial charge in [-0.25, -0.2) is 4.79 Å². The van der Waals surface area contributed by atoms with E-state index in [1.165, 1.54) is 5.56 Å². The zero-order chi connectivity index (χ0) is 20.3. The summed E-state index contributed by atoms with van der Waals surface area (Å²) in [6.07, 6.45) is 0. The van der Waals surface area contributed by atoms with Gasteiger partial charge in [0.1, 0.15) is 0 Å². The van der Waals surface area contributed by atoms with Crippen molar-refractivity contribution in [2.75, 3.05) is 38.3 Å². The van der Waals surface area contributed by atoms with Gasteiger partial charge in [-0.2, -0.15) is 0 Å². The second kappa shape index (κ2) is 8.08. The average molecular weight is 406 g/mol. The first kappa shape index (κ1) is 18.5. The summed E-state index contributed by atoms with van der Waals surface area (Å²) in [5.74, 6) is 2.64. The highest BCUT2D eigenvalue weighted by molar-refractivity contribution is 5.88. The molecule has 0 atom stereocenters. The molecule has 0 spiro atoms. The van der Waals surface area contributed by atoms with Crippen LogP contribution in [0.5, 0.6) is 11.5 Å². The van der Waals surface area contributed by atoms with E-state index < -0.39 is 0 Å². The number of amides is 2. The summed E-state index contributed by atoms with van der Waals surface area (Å²) in [6.45, 7) is 4.01. The smallest absolute Gasteiger partial charge is 0.323 e. The van der Waals surface area contributed by atoms with Gasteiger partial charge in [-0.3, -0.25) is 10.2 Å². The Labute approximate surface area is 174 Å². The number of anilines is 1. The standard InChI is InChI=1S/C22H22N4O4/c27-22(23-21-13-19(30-24-21)17-4-2-1-3-5-17)26-10-8-25(9-11-26)14-16-6-7-18-20(12-16)29-15-28-18/h1-7,12-13H,8-11,14-15H2,(H,23,24,27). The molecule has 8 nitrogen and oxygen atoms in total. The zero-order valence-corrected chi connectivity index (χ0v) is 16.4. The van der Waals surface area contributed by atoms with E-state index in [0.717, 1.165) is 36.7 Å². The van der Waals surface area contributed by atoms with Gasteiger partial charge in [0, 0.05) is 44.4 Å². The van der Waals surface area contributed by atoms with E-state index in [2.05, 4.69) is 21.4 Å². The van der Waals surface area contributed by atoms with E-state index in [0.29, 0.717) is 24.7 Å². The Kier molecular flexibility index (Phi) is 4.98. The largest absolute Gasteiger partial charge is 0.454 e. The van der Waals surface area contributed by atoms with Gasteiger partial charge in [0.25, 0.3) is 0 Å². The van der Waals surface area contributed by atoms with Crippen LogP contribution >= 0.6 is 0 Å². The van der Waals surface area contributed by atoms with Gasteiger partial charge in [0.2, 0.25) is 6.79 Å². The molecule has 1 saturated heterocycles. The summed E-state index contributed by atoms with van der Waals surface area (Å²) < 4.78 is 16.2. The van der Waals surface area contributed by atoms with E-state index in [4.69, 9.17) is 14.0 Å². The van der Waals surface area contributed by atoms with Gasteiger partial charge >= 0.3 is 6.03 Å². The monoisotopic (exact) mass is 406 g/mol. The number of hydrogen-bond acceptors (Lipinski definition) is 6. The summed E-state index contributed by atoms with van der Waals surface area (Å²) in [7, 11) is 0. The van der Waals surface area contributed by atoms with Crippen molar-refractivity contribution in [2.45, 2.75) is 6.54 Å². The maximum atomic E-state index is 12.6. The minimum atomic E-state index is -0.161. The first-order chi connectivity index (χ1) is 14.7. The van der Waals surface area contributed by atoms with Gasteiger partial charge in [-0.05, 0) is 17.7 Å². The molecule has 1 N–H and O–H groups in total. The molecule has 154 valence electrons. The lowest BCUT2D eigenvalue weighted by atomic mass is 10.1. The lowest BCUT2D eigenvalue weighted by molar-refractivity contribution is 0.143. The second-order valence-corrected chi connectivity index (χ2v) is 7.32. The van der Waals surface area contributed by atoms with Crippen LogP contribution in [0.4, 0.5) is 10.6 Å². The van der Waals surface area contributed by atoms with Crippen LogP contribution in [-0.2, 0) is 6.54 Å². The Morgan fingerprint density at radius 1 is 0.967 bits per heavy atom. The number of nitrogens with zero attached hydrogens (tertiary/aromatic N) is 3. The number of aromatic nitrogens is 1. The Bertz CT molecular complexity index is 1030. The van der Waals surface area contributed by atoms with Gasteiger partial charge < -0.3 is 18.9 Å². The number of nitrogens with one attached hydrogen (secondary N) is 1. The summed E-state index contributed by atoms with van der Waals surface area (Å²) >= 11 is 0. The highest BCUT2D eigenvalue weighted by atomic mass is 16.7. The van der Waals surface area contributed by atoms with Gasteiger partial charge in [-0.1, -0.05) is 41.6 Å². The predicted molar refractivity (Wildman–Crippen MR) is 110 cm³/mol. The maximum absolute atomic E-state index is 12.6. The molecule has 0 bridgehead atoms. The van der Waals surface area contributed by atoms with Gasteiger partial charge in [0.05, 0.1) is 0 Å². The van der Waals surface area contributed by atoms with E-state index in [-0.39, 0.29) is 12.8 Å². The maximum Gasteiger partial charge on any atom is 0.323 e. The van der Waals surface area contributed by atoms with Crippen LogP contribution in [0.25, 0.3) is 11.3 Å². The fourth-order valence-electron chi connectivity index (χ4n) is 3.67. The molecule has 0 saturated carbocycles. The average Bonchev–Trinajstić information content (AvgIpc) is 3.44. The minimum Gasteiger partial charge on any atom is -0.454 e. The quantitative estimate of drug-likeness (QED) is 0.715. The Balaban J connectivity index is 1.13. The minimum absolute atomic E-state index is 0.161. The molecular weight excluding hydrogens is 384 g/mol. The van der Waals surface area contributed by atoms with Crippen LogP contribution in [0.2, 0.25) is 0 Å².